The highest BCUT2D eigenvalue weighted by molar-refractivity contribution is 7.92. The summed E-state index contributed by atoms with van der Waals surface area (Å²) in [6.07, 6.45) is 0. The molecule has 0 saturated heterocycles. The third kappa shape index (κ3) is 3.83. The van der Waals surface area contributed by atoms with Gasteiger partial charge in [0.05, 0.1) is 23.0 Å². The van der Waals surface area contributed by atoms with E-state index in [2.05, 4.69) is 9.71 Å². The fraction of sp³-hybridized carbons (Fsp3) is 0.286. The van der Waals surface area contributed by atoms with Crippen LogP contribution in [0.15, 0.2) is 27.8 Å². The van der Waals surface area contributed by atoms with E-state index in [1.807, 2.05) is 6.92 Å². The minimum atomic E-state index is -4.12. The number of aryl methyl sites for hydroxylation is 2. The molecule has 2 rings (SSSR count). The fourth-order valence-electron chi connectivity index (χ4n) is 1.76. The van der Waals surface area contributed by atoms with E-state index in [-0.39, 0.29) is 28.8 Å². The van der Waals surface area contributed by atoms with Gasteiger partial charge in [0.15, 0.2) is 0 Å². The Hall–Kier alpha value is -2.06. The average molecular weight is 359 g/mol. The zero-order valence-electron chi connectivity index (χ0n) is 12.7. The van der Waals surface area contributed by atoms with Crippen molar-refractivity contribution in [1.82, 2.24) is 4.98 Å². The lowest BCUT2D eigenvalue weighted by Gasteiger charge is -2.07. The molecule has 1 aromatic heterocycles. The second kappa shape index (κ2) is 6.59. The second-order valence-electron chi connectivity index (χ2n) is 4.70. The summed E-state index contributed by atoms with van der Waals surface area (Å²) in [4.78, 5) is 15.4. The highest BCUT2D eigenvalue weighted by atomic mass is 35.5. The lowest BCUT2D eigenvalue weighted by molar-refractivity contribution is 0.0482. The molecule has 7 nitrogen and oxygen atoms in total. The maximum absolute atomic E-state index is 12.3. The summed E-state index contributed by atoms with van der Waals surface area (Å²) >= 11 is 6.00. The molecule has 1 N–H and O–H groups in total. The molecule has 1 aromatic carbocycles. The highest BCUT2D eigenvalue weighted by Crippen LogP contribution is 2.26. The molecule has 9 heteroatoms. The van der Waals surface area contributed by atoms with E-state index in [0.29, 0.717) is 0 Å². The van der Waals surface area contributed by atoms with Gasteiger partial charge in [-0.15, -0.1) is 0 Å². The first-order chi connectivity index (χ1) is 10.7. The van der Waals surface area contributed by atoms with Crippen molar-refractivity contribution in [1.29, 1.82) is 0 Å². The van der Waals surface area contributed by atoms with E-state index in [1.54, 1.807) is 19.1 Å². The van der Waals surface area contributed by atoms with Crippen molar-refractivity contribution >= 4 is 33.3 Å². The van der Waals surface area contributed by atoms with Crippen molar-refractivity contribution in [2.75, 3.05) is 11.3 Å². The summed E-state index contributed by atoms with van der Waals surface area (Å²) in [6.45, 7) is 5.04. The molecule has 0 fully saturated rings. The molecule has 0 aliphatic rings. The molecule has 23 heavy (non-hydrogen) atoms. The van der Waals surface area contributed by atoms with Gasteiger partial charge in [0.2, 0.25) is 5.76 Å². The number of carbonyl (C=O) groups is 1. The van der Waals surface area contributed by atoms with Crippen molar-refractivity contribution in [2.24, 2.45) is 0 Å². The molecule has 0 saturated carbocycles. The quantitative estimate of drug-likeness (QED) is 0.825. The molecule has 0 bridgehead atoms. The predicted octanol–water partition coefficient (Wildman–Crippen LogP) is 2.92. The third-order valence-electron chi connectivity index (χ3n) is 2.84. The van der Waals surface area contributed by atoms with Crippen LogP contribution in [0.4, 0.5) is 5.69 Å². The molecule has 2 aromatic rings. The van der Waals surface area contributed by atoms with Crippen LogP contribution < -0.4 is 4.72 Å². The molecule has 1 heterocycles. The Labute approximate surface area is 138 Å². The van der Waals surface area contributed by atoms with Gasteiger partial charge >= 0.3 is 21.2 Å². The Bertz CT molecular complexity index is 845. The number of benzene rings is 1. The maximum Gasteiger partial charge on any atom is 0.376 e. The Morgan fingerprint density at radius 2 is 2.09 bits per heavy atom. The van der Waals surface area contributed by atoms with E-state index in [4.69, 9.17) is 20.8 Å². The van der Waals surface area contributed by atoms with E-state index in [1.165, 1.54) is 13.0 Å². The van der Waals surface area contributed by atoms with Crippen LogP contribution in [0.5, 0.6) is 0 Å². The molecule has 0 radical (unpaired) electrons. The van der Waals surface area contributed by atoms with Gasteiger partial charge < -0.3 is 9.15 Å². The molecule has 0 aliphatic carbocycles. The molecule has 0 aliphatic heterocycles. The number of oxazole rings is 1. The van der Waals surface area contributed by atoms with Gasteiger partial charge in [-0.25, -0.2) is 9.78 Å². The zero-order valence-corrected chi connectivity index (χ0v) is 14.3. The lowest BCUT2D eigenvalue weighted by Crippen LogP contribution is -2.13. The Morgan fingerprint density at radius 3 is 2.70 bits per heavy atom. The molecule has 124 valence electrons. The summed E-state index contributed by atoms with van der Waals surface area (Å²) < 4.78 is 36.7. The highest BCUT2D eigenvalue weighted by Gasteiger charge is 2.27. The number of nitrogens with zero attached hydrogens (tertiary/aromatic N) is 1. The van der Waals surface area contributed by atoms with Crippen LogP contribution in [0, 0.1) is 13.8 Å². The first-order valence-corrected chi connectivity index (χ1v) is 8.54. The van der Waals surface area contributed by atoms with Crippen LogP contribution in [0.1, 0.15) is 28.7 Å². The van der Waals surface area contributed by atoms with Gasteiger partial charge in [0.25, 0.3) is 0 Å². The molecule has 0 atom stereocenters. The van der Waals surface area contributed by atoms with Crippen LogP contribution in [0.3, 0.4) is 0 Å². The number of anilines is 1. The van der Waals surface area contributed by atoms with Gasteiger partial charge in [-0.2, -0.15) is 8.42 Å². The van der Waals surface area contributed by atoms with E-state index in [0.717, 1.165) is 5.56 Å². The minimum Gasteiger partial charge on any atom is -0.460 e. The molecular formula is C14H15ClN2O5S. The van der Waals surface area contributed by atoms with Gasteiger partial charge in [-0.05, 0) is 38.5 Å². The number of aromatic nitrogens is 1. The Morgan fingerprint density at radius 1 is 1.39 bits per heavy atom. The third-order valence-corrected chi connectivity index (χ3v) is 4.27. The van der Waals surface area contributed by atoms with Gasteiger partial charge in [0.1, 0.15) is 0 Å². The van der Waals surface area contributed by atoms with Crippen LogP contribution in [-0.2, 0) is 14.8 Å². The van der Waals surface area contributed by atoms with Crippen LogP contribution in [0.25, 0.3) is 0 Å². The smallest absolute Gasteiger partial charge is 0.376 e. The van der Waals surface area contributed by atoms with Crippen molar-refractivity contribution in [2.45, 2.75) is 26.0 Å². The Kier molecular flexibility index (Phi) is 4.96. The SMILES string of the molecule is CCOC(=O)c1oc(S(=O)(=O)Nc2ccc(C)cc2Cl)nc1C. The van der Waals surface area contributed by atoms with Gasteiger partial charge in [-0.1, -0.05) is 17.7 Å². The monoisotopic (exact) mass is 358 g/mol. The van der Waals surface area contributed by atoms with Crippen LogP contribution >= 0.6 is 11.6 Å². The summed E-state index contributed by atoms with van der Waals surface area (Å²) in [5.41, 5.74) is 1.19. The standard InChI is InChI=1S/C14H15ClN2O5S/c1-4-21-13(18)12-9(3)16-14(22-12)23(19,20)17-11-6-5-8(2)7-10(11)15/h5-7,17H,4H2,1-3H3. The number of hydrogen-bond donors (Lipinski definition) is 1. The number of ether oxygens (including phenoxy) is 1. The topological polar surface area (TPSA) is 98.5 Å². The summed E-state index contributed by atoms with van der Waals surface area (Å²) in [5, 5.41) is -0.392. The first kappa shape index (κ1) is 17.3. The number of halogens is 1. The Balaban J connectivity index is 2.33. The van der Waals surface area contributed by atoms with Crippen molar-refractivity contribution in [3.05, 3.63) is 40.2 Å². The average Bonchev–Trinajstić information content (AvgIpc) is 2.85. The van der Waals surface area contributed by atoms with E-state index < -0.39 is 21.2 Å². The van der Waals surface area contributed by atoms with E-state index in [9.17, 15) is 13.2 Å². The predicted molar refractivity (Wildman–Crippen MR) is 84.2 cm³/mol. The largest absolute Gasteiger partial charge is 0.460 e. The lowest BCUT2D eigenvalue weighted by atomic mass is 10.2. The fourth-order valence-corrected chi connectivity index (χ4v) is 3.11. The van der Waals surface area contributed by atoms with E-state index >= 15 is 0 Å². The van der Waals surface area contributed by atoms with Crippen molar-refractivity contribution in [3.63, 3.8) is 0 Å². The maximum atomic E-state index is 12.3. The molecule has 0 spiro atoms. The van der Waals surface area contributed by atoms with Crippen LogP contribution in [0.2, 0.25) is 5.02 Å². The van der Waals surface area contributed by atoms with Crippen LogP contribution in [-0.4, -0.2) is 26.0 Å². The van der Waals surface area contributed by atoms with Crippen molar-refractivity contribution in [3.8, 4) is 0 Å². The number of rotatable bonds is 5. The zero-order chi connectivity index (χ0) is 17.2. The van der Waals surface area contributed by atoms with Gasteiger partial charge in [-0.3, -0.25) is 4.72 Å². The first-order valence-electron chi connectivity index (χ1n) is 6.68. The van der Waals surface area contributed by atoms with Crippen molar-refractivity contribution < 1.29 is 22.4 Å². The number of hydrogen-bond acceptors (Lipinski definition) is 6. The minimum absolute atomic E-state index is 0.124. The number of sulfonamides is 1. The summed E-state index contributed by atoms with van der Waals surface area (Å²) in [5.74, 6) is -1.02. The number of carbonyl (C=O) groups excluding carboxylic acids is 1. The molecular weight excluding hydrogens is 344 g/mol. The summed E-state index contributed by atoms with van der Waals surface area (Å²) in [7, 11) is -4.12. The summed E-state index contributed by atoms with van der Waals surface area (Å²) in [6, 6.07) is 4.84. The molecule has 0 unspecified atom stereocenters. The normalized spacial score (nSPS) is 11.3. The molecule has 0 amide bonds. The van der Waals surface area contributed by atoms with Gasteiger partial charge in [0, 0.05) is 0 Å². The second-order valence-corrected chi connectivity index (χ2v) is 6.67. The number of nitrogens with one attached hydrogen (secondary N) is 1. The number of esters is 1.